The number of hydrogen-bond donors (Lipinski definition) is 0. The van der Waals surface area contributed by atoms with E-state index in [1.54, 1.807) is 0 Å². The van der Waals surface area contributed by atoms with Gasteiger partial charge in [0.25, 0.3) is 0 Å². The van der Waals surface area contributed by atoms with Crippen molar-refractivity contribution in [1.29, 1.82) is 0 Å². The number of fused-ring (bicyclic) bond motifs is 1. The van der Waals surface area contributed by atoms with Crippen LogP contribution in [0.2, 0.25) is 0 Å². The van der Waals surface area contributed by atoms with Crippen LogP contribution < -0.4 is 0 Å². The van der Waals surface area contributed by atoms with Crippen molar-refractivity contribution < 1.29 is 4.79 Å². The maximum Gasteiger partial charge on any atom is 0.162 e. The summed E-state index contributed by atoms with van der Waals surface area (Å²) in [5.41, 5.74) is 1.47. The van der Waals surface area contributed by atoms with Crippen LogP contribution in [0.15, 0.2) is 11.6 Å². The van der Waals surface area contributed by atoms with E-state index in [1.165, 1.54) is 29.3 Å². The van der Waals surface area contributed by atoms with Crippen molar-refractivity contribution in [3.05, 3.63) is 11.6 Å². The van der Waals surface area contributed by atoms with Gasteiger partial charge in [0, 0.05) is 10.8 Å². The molecule has 0 heterocycles. The molecule has 3 atom stereocenters. The lowest BCUT2D eigenvalue weighted by atomic mass is 9.60. The minimum Gasteiger partial charge on any atom is -0.294 e. The SMILES string of the molecule is CC1=CC(=O)[C@]2(C)CC[C@@H](C)[C@]12CCCI. The Morgan fingerprint density at radius 3 is 2.88 bits per heavy atom. The van der Waals surface area contributed by atoms with Gasteiger partial charge in [-0.3, -0.25) is 4.79 Å². The number of hydrogen-bond acceptors (Lipinski definition) is 1. The van der Waals surface area contributed by atoms with Gasteiger partial charge in [0.2, 0.25) is 0 Å². The highest BCUT2D eigenvalue weighted by Crippen LogP contribution is 2.65. The number of rotatable bonds is 3. The van der Waals surface area contributed by atoms with Gasteiger partial charge in [-0.05, 0) is 49.0 Å². The van der Waals surface area contributed by atoms with Crippen molar-refractivity contribution in [2.24, 2.45) is 16.7 Å². The van der Waals surface area contributed by atoms with Crippen molar-refractivity contribution in [2.45, 2.75) is 46.5 Å². The molecule has 0 N–H and O–H groups in total. The molecule has 0 aliphatic heterocycles. The lowest BCUT2D eigenvalue weighted by Crippen LogP contribution is -2.40. The molecule has 0 aromatic heterocycles. The van der Waals surface area contributed by atoms with Crippen molar-refractivity contribution in [2.75, 3.05) is 4.43 Å². The highest BCUT2D eigenvalue weighted by atomic mass is 127. The molecule has 90 valence electrons. The van der Waals surface area contributed by atoms with Crippen LogP contribution >= 0.6 is 22.6 Å². The summed E-state index contributed by atoms with van der Waals surface area (Å²) in [4.78, 5) is 12.2. The van der Waals surface area contributed by atoms with Gasteiger partial charge in [-0.1, -0.05) is 42.0 Å². The average Bonchev–Trinajstić information content (AvgIpc) is 2.60. The standard InChI is InChI=1S/C14H21IO/c1-10-5-7-13(3)12(16)9-11(2)14(10,13)6-4-8-15/h9-10H,4-8H2,1-3H3/t10-,13+,14-/m1/s1. The van der Waals surface area contributed by atoms with Gasteiger partial charge in [-0.15, -0.1) is 0 Å². The Labute approximate surface area is 112 Å². The molecule has 2 heteroatoms. The van der Waals surface area contributed by atoms with Crippen molar-refractivity contribution in [3.63, 3.8) is 0 Å². The van der Waals surface area contributed by atoms with E-state index in [-0.39, 0.29) is 10.8 Å². The maximum absolute atomic E-state index is 12.2. The second-order valence-corrected chi connectivity index (χ2v) is 6.81. The van der Waals surface area contributed by atoms with E-state index in [0.29, 0.717) is 11.7 Å². The molecule has 1 nitrogen and oxygen atoms in total. The summed E-state index contributed by atoms with van der Waals surface area (Å²) in [5, 5.41) is 0. The average molecular weight is 332 g/mol. The summed E-state index contributed by atoms with van der Waals surface area (Å²) < 4.78 is 1.20. The maximum atomic E-state index is 12.2. The molecular formula is C14H21IO. The van der Waals surface area contributed by atoms with Crippen molar-refractivity contribution >= 4 is 28.4 Å². The number of alkyl halides is 1. The molecule has 1 saturated carbocycles. The predicted molar refractivity (Wildman–Crippen MR) is 75.8 cm³/mol. The van der Waals surface area contributed by atoms with E-state index < -0.39 is 0 Å². The first-order valence-electron chi connectivity index (χ1n) is 6.28. The first-order chi connectivity index (χ1) is 7.49. The first kappa shape index (κ1) is 12.6. The highest BCUT2D eigenvalue weighted by molar-refractivity contribution is 14.1. The molecule has 0 unspecified atom stereocenters. The molecular weight excluding hydrogens is 311 g/mol. The number of carbonyl (C=O) groups excluding carboxylic acids is 1. The van der Waals surface area contributed by atoms with Gasteiger partial charge in [-0.25, -0.2) is 0 Å². The summed E-state index contributed by atoms with van der Waals surface area (Å²) in [6.45, 7) is 6.73. The minimum atomic E-state index is -0.0810. The second kappa shape index (κ2) is 4.11. The van der Waals surface area contributed by atoms with Gasteiger partial charge in [0.1, 0.15) is 0 Å². The smallest absolute Gasteiger partial charge is 0.162 e. The lowest BCUT2D eigenvalue weighted by Gasteiger charge is -2.42. The predicted octanol–water partition coefficient (Wildman–Crippen LogP) is 4.15. The van der Waals surface area contributed by atoms with E-state index in [2.05, 4.69) is 43.4 Å². The van der Waals surface area contributed by atoms with E-state index >= 15 is 0 Å². The van der Waals surface area contributed by atoms with Crippen LogP contribution in [-0.4, -0.2) is 10.2 Å². The Bertz CT molecular complexity index is 347. The number of carbonyl (C=O) groups is 1. The van der Waals surface area contributed by atoms with Crippen LogP contribution in [0.3, 0.4) is 0 Å². The van der Waals surface area contributed by atoms with Crippen LogP contribution in [0.5, 0.6) is 0 Å². The highest BCUT2D eigenvalue weighted by Gasteiger charge is 2.62. The van der Waals surface area contributed by atoms with E-state index in [0.717, 1.165) is 6.42 Å². The second-order valence-electron chi connectivity index (χ2n) is 5.73. The van der Waals surface area contributed by atoms with Gasteiger partial charge >= 0.3 is 0 Å². The first-order valence-corrected chi connectivity index (χ1v) is 7.81. The largest absolute Gasteiger partial charge is 0.294 e. The Hall–Kier alpha value is 0.140. The molecule has 0 aromatic rings. The number of allylic oxidation sites excluding steroid dienone is 2. The summed E-state index contributed by atoms with van der Waals surface area (Å²) in [7, 11) is 0. The number of halogens is 1. The quantitative estimate of drug-likeness (QED) is 0.560. The van der Waals surface area contributed by atoms with Gasteiger partial charge in [-0.2, -0.15) is 0 Å². The molecule has 2 aliphatic carbocycles. The summed E-state index contributed by atoms with van der Waals surface area (Å²) in [6.07, 6.45) is 6.67. The Balaban J connectivity index is 2.42. The fourth-order valence-electron chi connectivity index (χ4n) is 4.24. The third-order valence-corrected chi connectivity index (χ3v) is 5.97. The molecule has 1 fully saturated rings. The van der Waals surface area contributed by atoms with E-state index in [4.69, 9.17) is 0 Å². The molecule has 0 radical (unpaired) electrons. The summed E-state index contributed by atoms with van der Waals surface area (Å²) in [6, 6.07) is 0. The molecule has 2 aliphatic rings. The van der Waals surface area contributed by atoms with Crippen LogP contribution in [0, 0.1) is 16.7 Å². The molecule has 0 amide bonds. The normalized spacial score (nSPS) is 42.4. The van der Waals surface area contributed by atoms with Crippen LogP contribution in [0.25, 0.3) is 0 Å². The van der Waals surface area contributed by atoms with Crippen molar-refractivity contribution in [1.82, 2.24) is 0 Å². The fourth-order valence-corrected chi connectivity index (χ4v) is 4.62. The fraction of sp³-hybridized carbons (Fsp3) is 0.786. The molecule has 2 rings (SSSR count). The van der Waals surface area contributed by atoms with Crippen LogP contribution in [0.4, 0.5) is 0 Å². The van der Waals surface area contributed by atoms with Crippen molar-refractivity contribution in [3.8, 4) is 0 Å². The molecule has 0 saturated heterocycles. The summed E-state index contributed by atoms with van der Waals surface area (Å²) in [5.74, 6) is 1.06. The van der Waals surface area contributed by atoms with Crippen LogP contribution in [-0.2, 0) is 4.79 Å². The Morgan fingerprint density at radius 1 is 1.56 bits per heavy atom. The summed E-state index contributed by atoms with van der Waals surface area (Å²) >= 11 is 2.44. The Kier molecular flexibility index (Phi) is 3.23. The van der Waals surface area contributed by atoms with Gasteiger partial charge in [0.15, 0.2) is 5.78 Å². The van der Waals surface area contributed by atoms with Crippen LogP contribution in [0.1, 0.15) is 46.5 Å². The molecule has 0 aromatic carbocycles. The third kappa shape index (κ3) is 1.37. The molecule has 0 spiro atoms. The third-order valence-electron chi connectivity index (χ3n) is 5.20. The number of ketones is 1. The lowest BCUT2D eigenvalue weighted by molar-refractivity contribution is -0.126. The van der Waals surface area contributed by atoms with Gasteiger partial charge < -0.3 is 0 Å². The minimum absolute atomic E-state index is 0.0810. The Morgan fingerprint density at radius 2 is 2.25 bits per heavy atom. The molecule has 16 heavy (non-hydrogen) atoms. The van der Waals surface area contributed by atoms with Gasteiger partial charge in [0.05, 0.1) is 0 Å². The monoisotopic (exact) mass is 332 g/mol. The topological polar surface area (TPSA) is 17.1 Å². The zero-order valence-corrected chi connectivity index (χ0v) is 12.6. The zero-order chi connectivity index (χ0) is 12.0. The molecule has 0 bridgehead atoms. The van der Waals surface area contributed by atoms with E-state index in [1.807, 2.05) is 6.08 Å². The zero-order valence-electron chi connectivity index (χ0n) is 10.5. The van der Waals surface area contributed by atoms with E-state index in [9.17, 15) is 4.79 Å².